The maximum Gasteiger partial charge on any atom is 0.125 e. The molecule has 2 rings (SSSR count). The molecule has 0 fully saturated rings. The number of benzene rings is 1. The molecule has 1 N–H and O–H groups in total. The lowest BCUT2D eigenvalue weighted by atomic mass is 9.84. The third kappa shape index (κ3) is 2.22. The normalized spacial score (nSPS) is 28.7. The lowest BCUT2D eigenvalue weighted by Gasteiger charge is -2.39. The van der Waals surface area contributed by atoms with Crippen LogP contribution >= 0.6 is 0 Å². The van der Waals surface area contributed by atoms with E-state index in [0.717, 1.165) is 17.7 Å². The molecular formula is C14H20O2. The Labute approximate surface area is 97.3 Å². The molecule has 0 amide bonds. The van der Waals surface area contributed by atoms with E-state index >= 15 is 0 Å². The largest absolute Gasteiger partial charge is 0.487 e. The van der Waals surface area contributed by atoms with Gasteiger partial charge in [0.25, 0.3) is 0 Å². The van der Waals surface area contributed by atoms with Gasteiger partial charge < -0.3 is 9.84 Å². The van der Waals surface area contributed by atoms with Gasteiger partial charge in [-0.1, -0.05) is 32.0 Å². The highest BCUT2D eigenvalue weighted by molar-refractivity contribution is 5.37. The van der Waals surface area contributed by atoms with Crippen molar-refractivity contribution in [3.8, 4) is 5.75 Å². The zero-order valence-corrected chi connectivity index (χ0v) is 10.2. The van der Waals surface area contributed by atoms with Gasteiger partial charge in [0.05, 0.1) is 6.10 Å². The number of hydrogen-bond donors (Lipinski definition) is 1. The molecule has 2 atom stereocenters. The standard InChI is InChI=1S/C14H20O2/c1-10(2)8-14(3)9-12(15)11-6-4-5-7-13(11)16-14/h4-7,10,12,15H,8-9H2,1-3H3/t12-,14?/m1/s1. The van der Waals surface area contributed by atoms with E-state index in [9.17, 15) is 5.11 Å². The van der Waals surface area contributed by atoms with Crippen molar-refractivity contribution in [2.45, 2.75) is 45.3 Å². The summed E-state index contributed by atoms with van der Waals surface area (Å²) in [5.41, 5.74) is 0.686. The zero-order valence-electron chi connectivity index (χ0n) is 10.2. The quantitative estimate of drug-likeness (QED) is 0.828. The van der Waals surface area contributed by atoms with Crippen LogP contribution in [-0.2, 0) is 0 Å². The molecule has 1 unspecified atom stereocenters. The number of para-hydroxylation sites is 1. The van der Waals surface area contributed by atoms with Crippen molar-refractivity contribution in [1.82, 2.24) is 0 Å². The van der Waals surface area contributed by atoms with Crippen LogP contribution in [0.4, 0.5) is 0 Å². The van der Waals surface area contributed by atoms with E-state index in [1.807, 2.05) is 24.3 Å². The second-order valence-electron chi connectivity index (χ2n) is 5.41. The van der Waals surface area contributed by atoms with Crippen LogP contribution in [-0.4, -0.2) is 10.7 Å². The Bertz CT molecular complexity index is 373. The Morgan fingerprint density at radius 2 is 2.12 bits per heavy atom. The first kappa shape index (κ1) is 11.5. The fourth-order valence-corrected chi connectivity index (χ4v) is 2.66. The summed E-state index contributed by atoms with van der Waals surface area (Å²) in [7, 11) is 0. The molecule has 0 spiro atoms. The van der Waals surface area contributed by atoms with Crippen LogP contribution in [0.15, 0.2) is 24.3 Å². The lowest BCUT2D eigenvalue weighted by Crippen LogP contribution is -2.39. The molecule has 2 nitrogen and oxygen atoms in total. The summed E-state index contributed by atoms with van der Waals surface area (Å²) in [4.78, 5) is 0. The lowest BCUT2D eigenvalue weighted by molar-refractivity contribution is -0.0144. The van der Waals surface area contributed by atoms with Gasteiger partial charge in [-0.2, -0.15) is 0 Å². The van der Waals surface area contributed by atoms with Gasteiger partial charge in [-0.3, -0.25) is 0 Å². The smallest absolute Gasteiger partial charge is 0.125 e. The first-order valence-corrected chi connectivity index (χ1v) is 5.96. The highest BCUT2D eigenvalue weighted by Crippen LogP contribution is 2.41. The molecule has 2 heteroatoms. The Kier molecular flexibility index (Phi) is 2.94. The van der Waals surface area contributed by atoms with Crippen LogP contribution in [0.25, 0.3) is 0 Å². The maximum atomic E-state index is 10.1. The molecule has 1 aliphatic heterocycles. The summed E-state index contributed by atoms with van der Waals surface area (Å²) >= 11 is 0. The van der Waals surface area contributed by atoms with Gasteiger partial charge in [-0.25, -0.2) is 0 Å². The van der Waals surface area contributed by atoms with Crippen molar-refractivity contribution in [3.63, 3.8) is 0 Å². The summed E-state index contributed by atoms with van der Waals surface area (Å²) in [5, 5.41) is 10.1. The van der Waals surface area contributed by atoms with Crippen molar-refractivity contribution in [1.29, 1.82) is 0 Å². The fraction of sp³-hybridized carbons (Fsp3) is 0.571. The molecule has 0 saturated carbocycles. The minimum atomic E-state index is -0.395. The van der Waals surface area contributed by atoms with E-state index in [1.165, 1.54) is 0 Å². The minimum Gasteiger partial charge on any atom is -0.487 e. The number of aliphatic hydroxyl groups excluding tert-OH is 1. The SMILES string of the molecule is CC(C)CC1(C)C[C@@H](O)c2ccccc2O1. The molecule has 1 aromatic rings. The Morgan fingerprint density at radius 1 is 1.44 bits per heavy atom. The second-order valence-corrected chi connectivity index (χ2v) is 5.41. The van der Waals surface area contributed by atoms with E-state index in [1.54, 1.807) is 0 Å². The number of fused-ring (bicyclic) bond motifs is 1. The summed E-state index contributed by atoms with van der Waals surface area (Å²) in [6, 6.07) is 7.77. The van der Waals surface area contributed by atoms with Crippen LogP contribution in [0.3, 0.4) is 0 Å². The van der Waals surface area contributed by atoms with Crippen molar-refractivity contribution in [2.75, 3.05) is 0 Å². The van der Waals surface area contributed by atoms with Crippen molar-refractivity contribution in [2.24, 2.45) is 5.92 Å². The molecule has 0 bridgehead atoms. The summed E-state index contributed by atoms with van der Waals surface area (Å²) < 4.78 is 6.04. The first-order chi connectivity index (χ1) is 7.50. The molecule has 0 aliphatic carbocycles. The van der Waals surface area contributed by atoms with E-state index in [2.05, 4.69) is 20.8 Å². The average Bonchev–Trinajstić information content (AvgIpc) is 2.15. The fourth-order valence-electron chi connectivity index (χ4n) is 2.66. The van der Waals surface area contributed by atoms with Gasteiger partial charge in [0.15, 0.2) is 0 Å². The predicted octanol–water partition coefficient (Wildman–Crippen LogP) is 3.31. The van der Waals surface area contributed by atoms with E-state index < -0.39 is 6.10 Å². The third-order valence-corrected chi connectivity index (χ3v) is 3.10. The number of hydrogen-bond acceptors (Lipinski definition) is 2. The van der Waals surface area contributed by atoms with Crippen LogP contribution in [0.5, 0.6) is 5.75 Å². The van der Waals surface area contributed by atoms with Crippen molar-refractivity contribution >= 4 is 0 Å². The van der Waals surface area contributed by atoms with Crippen LogP contribution in [0.2, 0.25) is 0 Å². The van der Waals surface area contributed by atoms with E-state index in [-0.39, 0.29) is 5.60 Å². The zero-order chi connectivity index (χ0) is 11.8. The Balaban J connectivity index is 2.26. The van der Waals surface area contributed by atoms with E-state index in [0.29, 0.717) is 12.3 Å². The molecule has 88 valence electrons. The minimum absolute atomic E-state index is 0.234. The Hall–Kier alpha value is -1.02. The molecule has 1 heterocycles. The van der Waals surface area contributed by atoms with Crippen LogP contribution in [0, 0.1) is 5.92 Å². The third-order valence-electron chi connectivity index (χ3n) is 3.10. The topological polar surface area (TPSA) is 29.5 Å². The number of ether oxygens (including phenoxy) is 1. The summed E-state index contributed by atoms with van der Waals surface area (Å²) in [6.07, 6.45) is 1.26. The average molecular weight is 220 g/mol. The molecule has 1 aliphatic rings. The molecule has 1 aromatic carbocycles. The van der Waals surface area contributed by atoms with Gasteiger partial charge in [0.2, 0.25) is 0 Å². The van der Waals surface area contributed by atoms with Gasteiger partial charge in [0, 0.05) is 12.0 Å². The summed E-state index contributed by atoms with van der Waals surface area (Å²) in [6.45, 7) is 6.45. The van der Waals surface area contributed by atoms with Gasteiger partial charge in [-0.15, -0.1) is 0 Å². The molecule has 0 radical (unpaired) electrons. The van der Waals surface area contributed by atoms with Gasteiger partial charge >= 0.3 is 0 Å². The predicted molar refractivity (Wildman–Crippen MR) is 64.5 cm³/mol. The maximum absolute atomic E-state index is 10.1. The van der Waals surface area contributed by atoms with Crippen LogP contribution in [0.1, 0.15) is 45.3 Å². The molecule has 16 heavy (non-hydrogen) atoms. The Morgan fingerprint density at radius 3 is 2.81 bits per heavy atom. The molecule has 0 aromatic heterocycles. The first-order valence-electron chi connectivity index (χ1n) is 5.96. The molecule has 0 saturated heterocycles. The number of aliphatic hydroxyl groups is 1. The van der Waals surface area contributed by atoms with Crippen LogP contribution < -0.4 is 4.74 Å². The van der Waals surface area contributed by atoms with Gasteiger partial charge in [0.1, 0.15) is 11.4 Å². The number of rotatable bonds is 2. The summed E-state index contributed by atoms with van der Waals surface area (Å²) in [5.74, 6) is 1.41. The van der Waals surface area contributed by atoms with Crippen molar-refractivity contribution < 1.29 is 9.84 Å². The van der Waals surface area contributed by atoms with E-state index in [4.69, 9.17) is 4.74 Å². The monoisotopic (exact) mass is 220 g/mol. The highest BCUT2D eigenvalue weighted by Gasteiger charge is 2.36. The second kappa shape index (κ2) is 4.10. The van der Waals surface area contributed by atoms with Crippen molar-refractivity contribution in [3.05, 3.63) is 29.8 Å². The van der Waals surface area contributed by atoms with Gasteiger partial charge in [-0.05, 0) is 25.3 Å². The highest BCUT2D eigenvalue weighted by atomic mass is 16.5. The molecular weight excluding hydrogens is 200 g/mol.